The Hall–Kier alpha value is -1.70. The number of rotatable bonds is 5. The van der Waals surface area contributed by atoms with Crippen LogP contribution in [0.5, 0.6) is 0 Å². The Morgan fingerprint density at radius 1 is 1.56 bits per heavy atom. The Labute approximate surface area is 104 Å². The molecule has 1 aromatic heterocycles. The summed E-state index contributed by atoms with van der Waals surface area (Å²) < 4.78 is 4.52. The number of hydrogen-bond donors (Lipinski definition) is 4. The van der Waals surface area contributed by atoms with E-state index in [-0.39, 0.29) is 30.0 Å². The number of nitrogens with two attached hydrogens (primary N) is 1. The van der Waals surface area contributed by atoms with Gasteiger partial charge in [0.05, 0.1) is 13.2 Å². The highest BCUT2D eigenvalue weighted by Crippen LogP contribution is 2.21. The lowest BCUT2D eigenvalue weighted by atomic mass is 10.0. The Bertz CT molecular complexity index is 424. The second-order valence-corrected chi connectivity index (χ2v) is 3.72. The minimum absolute atomic E-state index is 0.0130. The molecule has 0 aliphatic rings. The zero-order valence-corrected chi connectivity index (χ0v) is 9.91. The Kier molecular flexibility index (Phi) is 5.02. The third kappa shape index (κ3) is 3.16. The summed E-state index contributed by atoms with van der Waals surface area (Å²) in [5, 5.41) is 28.0. The zero-order chi connectivity index (χ0) is 13.7. The number of hydrogen-bond acceptors (Lipinski definition) is 7. The molecule has 100 valence electrons. The molecule has 7 heteroatoms. The Morgan fingerprint density at radius 3 is 2.78 bits per heavy atom. The monoisotopic (exact) mass is 256 g/mol. The molecule has 0 aliphatic heterocycles. The first-order chi connectivity index (χ1) is 8.51. The molecule has 0 amide bonds. The van der Waals surface area contributed by atoms with Gasteiger partial charge in [-0.05, 0) is 12.5 Å². The van der Waals surface area contributed by atoms with Crippen molar-refractivity contribution < 1.29 is 24.9 Å². The second kappa shape index (κ2) is 6.29. The van der Waals surface area contributed by atoms with Crippen molar-refractivity contribution in [1.82, 2.24) is 4.98 Å². The van der Waals surface area contributed by atoms with Gasteiger partial charge < -0.3 is 25.8 Å². The largest absolute Gasteiger partial charge is 0.465 e. The third-order valence-electron chi connectivity index (χ3n) is 2.48. The minimum Gasteiger partial charge on any atom is -0.465 e. The summed E-state index contributed by atoms with van der Waals surface area (Å²) in [5.74, 6) is -0.694. The fourth-order valence-electron chi connectivity index (χ4n) is 1.44. The van der Waals surface area contributed by atoms with Gasteiger partial charge in [0.25, 0.3) is 0 Å². The van der Waals surface area contributed by atoms with Crippen molar-refractivity contribution in [3.05, 3.63) is 23.4 Å². The summed E-state index contributed by atoms with van der Waals surface area (Å²) >= 11 is 0. The normalized spacial score (nSPS) is 14.0. The van der Waals surface area contributed by atoms with Crippen LogP contribution in [-0.4, -0.2) is 46.1 Å². The molecule has 1 rings (SSSR count). The van der Waals surface area contributed by atoms with Crippen LogP contribution in [0.3, 0.4) is 0 Å². The fraction of sp³-hybridized carbons (Fsp3) is 0.455. The van der Waals surface area contributed by atoms with E-state index in [1.807, 2.05) is 0 Å². The molecule has 0 bridgehead atoms. The number of pyridine rings is 1. The SMILES string of the molecule is COC(=O)c1cc(C(O)C(O)CCO)cnc1N. The number of nitrogens with zero attached hydrogens (tertiary/aromatic N) is 1. The van der Waals surface area contributed by atoms with E-state index in [9.17, 15) is 15.0 Å². The highest BCUT2D eigenvalue weighted by Gasteiger charge is 2.21. The van der Waals surface area contributed by atoms with Gasteiger partial charge in [0.15, 0.2) is 0 Å². The summed E-state index contributed by atoms with van der Waals surface area (Å²) in [6.45, 7) is -0.259. The maximum Gasteiger partial charge on any atom is 0.341 e. The van der Waals surface area contributed by atoms with E-state index in [1.165, 1.54) is 19.4 Å². The van der Waals surface area contributed by atoms with Crippen molar-refractivity contribution in [1.29, 1.82) is 0 Å². The van der Waals surface area contributed by atoms with Crippen molar-refractivity contribution in [2.75, 3.05) is 19.5 Å². The predicted molar refractivity (Wildman–Crippen MR) is 62.7 cm³/mol. The Morgan fingerprint density at radius 2 is 2.22 bits per heavy atom. The van der Waals surface area contributed by atoms with Crippen LogP contribution in [0.15, 0.2) is 12.3 Å². The minimum atomic E-state index is -1.26. The molecule has 0 saturated heterocycles. The number of aromatic nitrogens is 1. The average Bonchev–Trinajstić information content (AvgIpc) is 2.38. The van der Waals surface area contributed by atoms with Crippen molar-refractivity contribution in [3.63, 3.8) is 0 Å². The molecule has 2 unspecified atom stereocenters. The number of ether oxygens (including phenoxy) is 1. The molecule has 18 heavy (non-hydrogen) atoms. The van der Waals surface area contributed by atoms with Crippen molar-refractivity contribution in [3.8, 4) is 0 Å². The second-order valence-electron chi connectivity index (χ2n) is 3.72. The van der Waals surface area contributed by atoms with Gasteiger partial charge in [-0.2, -0.15) is 0 Å². The molecule has 0 aromatic carbocycles. The maximum absolute atomic E-state index is 11.4. The summed E-state index contributed by atoms with van der Waals surface area (Å²) in [6, 6.07) is 1.30. The third-order valence-corrected chi connectivity index (χ3v) is 2.48. The number of nitrogen functional groups attached to an aromatic ring is 1. The smallest absolute Gasteiger partial charge is 0.341 e. The van der Waals surface area contributed by atoms with Crippen LogP contribution < -0.4 is 5.73 Å². The summed E-state index contributed by atoms with van der Waals surface area (Å²) in [4.78, 5) is 15.1. The van der Waals surface area contributed by atoms with Gasteiger partial charge in [0.2, 0.25) is 0 Å². The van der Waals surface area contributed by atoms with E-state index in [1.54, 1.807) is 0 Å². The van der Waals surface area contributed by atoms with Crippen LogP contribution in [0, 0.1) is 0 Å². The topological polar surface area (TPSA) is 126 Å². The van der Waals surface area contributed by atoms with Crippen LogP contribution in [-0.2, 0) is 4.74 Å². The average molecular weight is 256 g/mol. The van der Waals surface area contributed by atoms with E-state index in [0.29, 0.717) is 0 Å². The summed E-state index contributed by atoms with van der Waals surface area (Å²) in [7, 11) is 1.20. The number of aliphatic hydroxyl groups is 3. The molecule has 0 saturated carbocycles. The predicted octanol–water partition coefficient (Wildman–Crippen LogP) is -0.773. The van der Waals surface area contributed by atoms with E-state index < -0.39 is 18.2 Å². The van der Waals surface area contributed by atoms with Gasteiger partial charge >= 0.3 is 5.97 Å². The fourth-order valence-corrected chi connectivity index (χ4v) is 1.44. The Balaban J connectivity index is 3.00. The van der Waals surface area contributed by atoms with E-state index in [2.05, 4.69) is 9.72 Å². The van der Waals surface area contributed by atoms with Crippen LogP contribution in [0.25, 0.3) is 0 Å². The highest BCUT2D eigenvalue weighted by atomic mass is 16.5. The number of esters is 1. The lowest BCUT2D eigenvalue weighted by Gasteiger charge is -2.17. The summed E-state index contributed by atoms with van der Waals surface area (Å²) in [5.41, 5.74) is 5.75. The van der Waals surface area contributed by atoms with Crippen molar-refractivity contribution in [2.24, 2.45) is 0 Å². The zero-order valence-electron chi connectivity index (χ0n) is 9.91. The molecule has 7 nitrogen and oxygen atoms in total. The molecular weight excluding hydrogens is 240 g/mol. The first-order valence-electron chi connectivity index (χ1n) is 5.32. The van der Waals surface area contributed by atoms with Crippen LogP contribution in [0.4, 0.5) is 5.82 Å². The maximum atomic E-state index is 11.4. The lowest BCUT2D eigenvalue weighted by molar-refractivity contribution is 0.00397. The molecule has 0 spiro atoms. The number of carbonyl (C=O) groups excluding carboxylic acids is 1. The molecule has 5 N–H and O–H groups in total. The van der Waals surface area contributed by atoms with Gasteiger partial charge in [0.1, 0.15) is 17.5 Å². The van der Waals surface area contributed by atoms with Crippen molar-refractivity contribution >= 4 is 11.8 Å². The molecule has 2 atom stereocenters. The lowest BCUT2D eigenvalue weighted by Crippen LogP contribution is -2.20. The standard InChI is InChI=1S/C11H16N2O5/c1-18-11(17)7-4-6(5-13-10(7)12)9(16)8(15)2-3-14/h4-5,8-9,14-16H,2-3H2,1H3,(H2,12,13). The van der Waals surface area contributed by atoms with Gasteiger partial charge in [0, 0.05) is 18.4 Å². The number of methoxy groups -OCH3 is 1. The van der Waals surface area contributed by atoms with E-state index in [4.69, 9.17) is 10.8 Å². The molecule has 1 heterocycles. The number of aliphatic hydroxyl groups excluding tert-OH is 3. The van der Waals surface area contributed by atoms with E-state index >= 15 is 0 Å². The quantitative estimate of drug-likeness (QED) is 0.509. The molecular formula is C11H16N2O5. The first kappa shape index (κ1) is 14.4. The molecule has 1 aromatic rings. The van der Waals surface area contributed by atoms with Gasteiger partial charge in [-0.15, -0.1) is 0 Å². The van der Waals surface area contributed by atoms with Gasteiger partial charge in [-0.3, -0.25) is 0 Å². The number of carbonyl (C=O) groups is 1. The van der Waals surface area contributed by atoms with Crippen LogP contribution in [0.1, 0.15) is 28.4 Å². The van der Waals surface area contributed by atoms with Crippen LogP contribution in [0.2, 0.25) is 0 Å². The summed E-state index contributed by atoms with van der Waals surface area (Å²) in [6.07, 6.45) is -1.13. The first-order valence-corrected chi connectivity index (χ1v) is 5.32. The van der Waals surface area contributed by atoms with E-state index in [0.717, 1.165) is 0 Å². The van der Waals surface area contributed by atoms with Gasteiger partial charge in [-0.25, -0.2) is 9.78 Å². The molecule has 0 fully saturated rings. The highest BCUT2D eigenvalue weighted by molar-refractivity contribution is 5.94. The van der Waals surface area contributed by atoms with Crippen molar-refractivity contribution in [2.45, 2.75) is 18.6 Å². The molecule has 0 aliphatic carbocycles. The molecule has 0 radical (unpaired) electrons. The van der Waals surface area contributed by atoms with Crippen LogP contribution >= 0.6 is 0 Å². The van der Waals surface area contributed by atoms with Gasteiger partial charge in [-0.1, -0.05) is 0 Å². The number of anilines is 1.